The Hall–Kier alpha value is -0.241. The van der Waals surface area contributed by atoms with Gasteiger partial charge in [0.05, 0.1) is 0 Å². The first-order valence-corrected chi connectivity index (χ1v) is 17.5. The Morgan fingerprint density at radius 2 is 1.45 bits per heavy atom. The quantitative estimate of drug-likeness (QED) is 0.320. The minimum absolute atomic E-state index is 1.29. The molecule has 0 fully saturated rings. The third-order valence-electron chi connectivity index (χ3n) is 4.95. The van der Waals surface area contributed by atoms with Crippen LogP contribution in [0.3, 0.4) is 0 Å². The molecular formula is C21H36Sn. The summed E-state index contributed by atoms with van der Waals surface area (Å²) in [5.74, 6) is 0. The molecule has 0 atom stereocenters. The molecule has 0 aliphatic carbocycles. The molecule has 1 aromatic carbocycles. The summed E-state index contributed by atoms with van der Waals surface area (Å²) in [5.41, 5.74) is 2.88. The van der Waals surface area contributed by atoms with Crippen LogP contribution in [0.25, 0.3) is 6.08 Å². The number of benzene rings is 1. The van der Waals surface area contributed by atoms with Crippen molar-refractivity contribution in [3.8, 4) is 0 Å². The van der Waals surface area contributed by atoms with Crippen molar-refractivity contribution in [1.82, 2.24) is 0 Å². The third kappa shape index (κ3) is 6.89. The second-order valence-corrected chi connectivity index (χ2v) is 20.8. The average molecular weight is 407 g/mol. The zero-order chi connectivity index (χ0) is 16.3. The van der Waals surface area contributed by atoms with Crippen molar-refractivity contribution in [3.63, 3.8) is 0 Å². The van der Waals surface area contributed by atoms with Gasteiger partial charge in [0.15, 0.2) is 0 Å². The molecular weight excluding hydrogens is 371 g/mol. The van der Waals surface area contributed by atoms with Crippen molar-refractivity contribution in [3.05, 3.63) is 42.0 Å². The van der Waals surface area contributed by atoms with E-state index in [9.17, 15) is 0 Å². The van der Waals surface area contributed by atoms with Crippen LogP contribution in [0.1, 0.15) is 70.4 Å². The Morgan fingerprint density at radius 3 is 1.91 bits per heavy atom. The Balaban J connectivity index is 2.94. The summed E-state index contributed by atoms with van der Waals surface area (Å²) in [4.78, 5) is 0. The summed E-state index contributed by atoms with van der Waals surface area (Å²) >= 11 is -2.03. The first kappa shape index (κ1) is 19.8. The van der Waals surface area contributed by atoms with Crippen LogP contribution in [0.5, 0.6) is 0 Å². The second kappa shape index (κ2) is 11.3. The summed E-state index contributed by atoms with van der Waals surface area (Å²) < 4.78 is 6.26. The fraction of sp³-hybridized carbons (Fsp3) is 0.619. The number of rotatable bonds is 12. The molecule has 22 heavy (non-hydrogen) atoms. The van der Waals surface area contributed by atoms with Gasteiger partial charge in [-0.3, -0.25) is 0 Å². The van der Waals surface area contributed by atoms with E-state index < -0.39 is 18.4 Å². The SMILES string of the molecule is C=Cc1cccc([CH2][Sn]([CH2]CCC)([CH2]CCC)[CH2]CCC)c1. The van der Waals surface area contributed by atoms with Crippen LogP contribution in [0.4, 0.5) is 0 Å². The molecule has 0 aliphatic rings. The van der Waals surface area contributed by atoms with Crippen LogP contribution in [0.15, 0.2) is 30.8 Å². The Kier molecular flexibility index (Phi) is 10.2. The standard InChI is InChI=1S/C9H9.3C4H9.Sn/c1-3-9-6-4-5-8(2)7-9;3*1-3-4-2;/h3-7H,1-2H2;3*1,3-4H2,2H3;. The van der Waals surface area contributed by atoms with Crippen LogP contribution < -0.4 is 0 Å². The van der Waals surface area contributed by atoms with Gasteiger partial charge in [0.1, 0.15) is 0 Å². The van der Waals surface area contributed by atoms with Crippen molar-refractivity contribution in [2.75, 3.05) is 0 Å². The number of unbranched alkanes of at least 4 members (excludes halogenated alkanes) is 3. The van der Waals surface area contributed by atoms with Gasteiger partial charge in [-0.25, -0.2) is 0 Å². The minimum atomic E-state index is -2.03. The number of hydrogen-bond acceptors (Lipinski definition) is 0. The molecule has 0 bridgehead atoms. The molecule has 0 radical (unpaired) electrons. The topological polar surface area (TPSA) is 0 Å². The van der Waals surface area contributed by atoms with Gasteiger partial charge < -0.3 is 0 Å². The fourth-order valence-corrected chi connectivity index (χ4v) is 19.8. The van der Waals surface area contributed by atoms with Crippen molar-refractivity contribution in [2.45, 2.75) is 77.0 Å². The molecule has 0 saturated heterocycles. The predicted octanol–water partition coefficient (Wildman–Crippen LogP) is 7.26. The molecule has 0 aliphatic heterocycles. The monoisotopic (exact) mass is 408 g/mol. The van der Waals surface area contributed by atoms with Gasteiger partial charge in [-0.1, -0.05) is 0 Å². The van der Waals surface area contributed by atoms with E-state index in [1.807, 2.05) is 6.08 Å². The van der Waals surface area contributed by atoms with Gasteiger partial charge in [-0.15, -0.1) is 0 Å². The molecule has 124 valence electrons. The van der Waals surface area contributed by atoms with Crippen LogP contribution in [0.2, 0.25) is 13.3 Å². The van der Waals surface area contributed by atoms with Crippen LogP contribution in [0, 0.1) is 0 Å². The molecule has 0 aromatic heterocycles. The fourth-order valence-electron chi connectivity index (χ4n) is 3.56. The Bertz CT molecular complexity index is 400. The molecule has 1 heteroatoms. The predicted molar refractivity (Wildman–Crippen MR) is 105 cm³/mol. The van der Waals surface area contributed by atoms with E-state index in [0.29, 0.717) is 0 Å². The van der Waals surface area contributed by atoms with Gasteiger partial charge in [0, 0.05) is 0 Å². The van der Waals surface area contributed by atoms with E-state index in [-0.39, 0.29) is 0 Å². The molecule has 0 spiro atoms. The summed E-state index contributed by atoms with van der Waals surface area (Å²) in [6.45, 7) is 11.0. The zero-order valence-corrected chi connectivity index (χ0v) is 18.0. The maximum absolute atomic E-state index is 3.93. The van der Waals surface area contributed by atoms with E-state index >= 15 is 0 Å². The van der Waals surface area contributed by atoms with E-state index in [1.165, 1.54) is 48.5 Å². The van der Waals surface area contributed by atoms with Crippen molar-refractivity contribution >= 4 is 24.5 Å². The number of hydrogen-bond donors (Lipinski definition) is 0. The van der Waals surface area contributed by atoms with E-state index in [1.54, 1.807) is 18.9 Å². The molecule has 0 amide bonds. The van der Waals surface area contributed by atoms with Crippen LogP contribution in [-0.4, -0.2) is 18.4 Å². The average Bonchev–Trinajstić information content (AvgIpc) is 2.56. The molecule has 0 saturated carbocycles. The Morgan fingerprint density at radius 1 is 0.909 bits per heavy atom. The van der Waals surface area contributed by atoms with E-state index in [0.717, 1.165) is 0 Å². The molecule has 1 rings (SSSR count). The van der Waals surface area contributed by atoms with Crippen LogP contribution >= 0.6 is 0 Å². The maximum atomic E-state index is 3.93. The summed E-state index contributed by atoms with van der Waals surface area (Å²) in [5, 5.41) is 0. The zero-order valence-electron chi connectivity index (χ0n) is 15.2. The van der Waals surface area contributed by atoms with Gasteiger partial charge >= 0.3 is 143 Å². The molecule has 1 aromatic rings. The second-order valence-electron chi connectivity index (χ2n) is 6.94. The molecule has 0 unspecified atom stereocenters. The van der Waals surface area contributed by atoms with Gasteiger partial charge in [0.2, 0.25) is 0 Å². The summed E-state index contributed by atoms with van der Waals surface area (Å²) in [7, 11) is 0. The summed E-state index contributed by atoms with van der Waals surface area (Å²) in [6, 6.07) is 9.16. The van der Waals surface area contributed by atoms with Gasteiger partial charge in [-0.2, -0.15) is 0 Å². The normalized spacial score (nSPS) is 11.6. The molecule has 0 nitrogen and oxygen atoms in total. The third-order valence-corrected chi connectivity index (χ3v) is 20.4. The van der Waals surface area contributed by atoms with Gasteiger partial charge in [-0.05, 0) is 0 Å². The Labute approximate surface area is 143 Å². The molecule has 0 heterocycles. The van der Waals surface area contributed by atoms with E-state index in [4.69, 9.17) is 0 Å². The molecule has 0 N–H and O–H groups in total. The summed E-state index contributed by atoms with van der Waals surface area (Å²) in [6.07, 6.45) is 10.5. The van der Waals surface area contributed by atoms with Gasteiger partial charge in [0.25, 0.3) is 0 Å². The van der Waals surface area contributed by atoms with E-state index in [2.05, 4.69) is 51.6 Å². The van der Waals surface area contributed by atoms with Crippen LogP contribution in [-0.2, 0) is 4.44 Å². The first-order chi connectivity index (χ1) is 10.7. The van der Waals surface area contributed by atoms with Crippen molar-refractivity contribution in [2.24, 2.45) is 0 Å². The van der Waals surface area contributed by atoms with Crippen molar-refractivity contribution < 1.29 is 0 Å². The van der Waals surface area contributed by atoms with Crippen molar-refractivity contribution in [1.29, 1.82) is 0 Å². The first-order valence-electron chi connectivity index (χ1n) is 9.41.